The summed E-state index contributed by atoms with van der Waals surface area (Å²) in [5.74, 6) is 0.342. The van der Waals surface area contributed by atoms with Crippen LogP contribution < -0.4 is 4.90 Å². The van der Waals surface area contributed by atoms with E-state index in [1.165, 1.54) is 51.7 Å². The molecule has 0 radical (unpaired) electrons. The van der Waals surface area contributed by atoms with Gasteiger partial charge in [-0.25, -0.2) is 9.97 Å². The molecule has 2 aliphatic rings. The van der Waals surface area contributed by atoms with E-state index in [0.717, 1.165) is 31.1 Å². The summed E-state index contributed by atoms with van der Waals surface area (Å²) < 4.78 is 0. The minimum absolute atomic E-state index is 0.0936. The van der Waals surface area contributed by atoms with Crippen molar-refractivity contribution in [2.75, 3.05) is 51.2 Å². The minimum Gasteiger partial charge on any atom is -0.480 e. The molecule has 1 aromatic rings. The number of nitrogens with zero attached hydrogens (tertiary/aromatic N) is 5. The van der Waals surface area contributed by atoms with Crippen LogP contribution in [0.5, 0.6) is 0 Å². The number of carbonyl (C=O) groups is 1. The Morgan fingerprint density at radius 3 is 2.54 bits per heavy atom. The number of rotatable bonds is 7. The number of carboxylic acid groups (broad SMARTS) is 1. The average molecular weight is 361 g/mol. The van der Waals surface area contributed by atoms with Gasteiger partial charge in [-0.15, -0.1) is 0 Å². The van der Waals surface area contributed by atoms with Crippen LogP contribution in [0.25, 0.3) is 0 Å². The number of likely N-dealkylation sites (N-methyl/N-ethyl adjacent to an activating group) is 1. The van der Waals surface area contributed by atoms with E-state index in [0.29, 0.717) is 5.95 Å². The van der Waals surface area contributed by atoms with Crippen LogP contribution in [0.15, 0.2) is 12.4 Å². The molecule has 7 heteroatoms. The summed E-state index contributed by atoms with van der Waals surface area (Å²) >= 11 is 0. The van der Waals surface area contributed by atoms with Gasteiger partial charge in [-0.2, -0.15) is 0 Å². The second-order valence-corrected chi connectivity index (χ2v) is 7.75. The van der Waals surface area contributed by atoms with Gasteiger partial charge in [0.05, 0.1) is 0 Å². The first-order valence-electron chi connectivity index (χ1n) is 9.78. The summed E-state index contributed by atoms with van der Waals surface area (Å²) in [7, 11) is 1.69. The van der Waals surface area contributed by atoms with Crippen molar-refractivity contribution in [1.29, 1.82) is 0 Å². The third-order valence-corrected chi connectivity index (χ3v) is 5.38. The number of anilines is 1. The number of hydrogen-bond donors (Lipinski definition) is 1. The number of likely N-dealkylation sites (tertiary alicyclic amines) is 2. The number of piperidine rings is 2. The molecule has 2 aliphatic heterocycles. The lowest BCUT2D eigenvalue weighted by Crippen LogP contribution is -2.42. The second-order valence-electron chi connectivity index (χ2n) is 7.75. The van der Waals surface area contributed by atoms with Gasteiger partial charge in [0.15, 0.2) is 0 Å². The molecule has 26 heavy (non-hydrogen) atoms. The summed E-state index contributed by atoms with van der Waals surface area (Å²) in [6.45, 7) is 6.86. The molecule has 2 fully saturated rings. The van der Waals surface area contributed by atoms with E-state index < -0.39 is 5.97 Å². The lowest BCUT2D eigenvalue weighted by molar-refractivity contribution is -0.135. The van der Waals surface area contributed by atoms with Crippen molar-refractivity contribution in [3.05, 3.63) is 18.0 Å². The minimum atomic E-state index is -0.881. The van der Waals surface area contributed by atoms with Crippen molar-refractivity contribution in [2.45, 2.75) is 38.6 Å². The van der Waals surface area contributed by atoms with E-state index in [2.05, 4.69) is 19.8 Å². The van der Waals surface area contributed by atoms with Crippen LogP contribution in [-0.2, 0) is 11.3 Å². The topological polar surface area (TPSA) is 72.8 Å². The predicted molar refractivity (Wildman–Crippen MR) is 101 cm³/mol. The van der Waals surface area contributed by atoms with Gasteiger partial charge in [0.25, 0.3) is 0 Å². The summed E-state index contributed by atoms with van der Waals surface area (Å²) in [6.07, 6.45) is 10.4. The predicted octanol–water partition coefficient (Wildman–Crippen LogP) is 1.70. The van der Waals surface area contributed by atoms with Gasteiger partial charge in [-0.3, -0.25) is 9.69 Å². The molecule has 1 N–H and O–H groups in total. The average Bonchev–Trinajstić information content (AvgIpc) is 2.63. The lowest BCUT2D eigenvalue weighted by Gasteiger charge is -2.36. The summed E-state index contributed by atoms with van der Waals surface area (Å²) in [4.78, 5) is 26.1. The number of carboxylic acids is 1. The molecule has 1 atom stereocenters. The van der Waals surface area contributed by atoms with E-state index >= 15 is 0 Å². The normalized spacial score (nSPS) is 22.3. The largest absolute Gasteiger partial charge is 0.480 e. The Bertz CT molecular complexity index is 574. The zero-order chi connectivity index (χ0) is 18.4. The van der Waals surface area contributed by atoms with Crippen LogP contribution in [0, 0.1) is 5.92 Å². The van der Waals surface area contributed by atoms with Gasteiger partial charge < -0.3 is 14.9 Å². The first-order valence-corrected chi connectivity index (χ1v) is 9.78. The molecule has 0 bridgehead atoms. The van der Waals surface area contributed by atoms with Crippen molar-refractivity contribution in [3.63, 3.8) is 0 Å². The van der Waals surface area contributed by atoms with Gasteiger partial charge in [-0.05, 0) is 51.2 Å². The van der Waals surface area contributed by atoms with Crippen LogP contribution in [0.1, 0.15) is 37.7 Å². The Kier molecular flexibility index (Phi) is 6.80. The first-order chi connectivity index (χ1) is 12.6. The fourth-order valence-electron chi connectivity index (χ4n) is 4.11. The van der Waals surface area contributed by atoms with E-state index in [1.54, 1.807) is 11.9 Å². The molecule has 7 nitrogen and oxygen atoms in total. The Morgan fingerprint density at radius 2 is 1.85 bits per heavy atom. The van der Waals surface area contributed by atoms with Crippen LogP contribution in [-0.4, -0.2) is 77.2 Å². The highest BCUT2D eigenvalue weighted by Crippen LogP contribution is 2.21. The van der Waals surface area contributed by atoms with Crippen molar-refractivity contribution in [2.24, 2.45) is 5.92 Å². The summed E-state index contributed by atoms with van der Waals surface area (Å²) in [6, 6.07) is 0. The molecule has 0 spiro atoms. The standard InChI is InChI=1S/C19H31N5O2/c1-22(15-18(25)26)19-20-10-17(11-21-19)14-24-9-5-6-16(13-24)12-23-7-3-2-4-8-23/h10-11,16H,2-9,12-15H2,1H3,(H,25,26)/t16-/m1/s1. The van der Waals surface area contributed by atoms with Gasteiger partial charge in [0.2, 0.25) is 5.95 Å². The Morgan fingerprint density at radius 1 is 1.15 bits per heavy atom. The fraction of sp³-hybridized carbons (Fsp3) is 0.737. The van der Waals surface area contributed by atoms with Gasteiger partial charge >= 0.3 is 5.97 Å². The highest BCUT2D eigenvalue weighted by Gasteiger charge is 2.23. The number of hydrogen-bond acceptors (Lipinski definition) is 6. The smallest absolute Gasteiger partial charge is 0.323 e. The molecule has 0 aliphatic carbocycles. The molecule has 0 saturated carbocycles. The van der Waals surface area contributed by atoms with Crippen LogP contribution in [0.4, 0.5) is 5.95 Å². The van der Waals surface area contributed by atoms with Gasteiger partial charge in [0, 0.05) is 44.6 Å². The number of aromatic nitrogens is 2. The SMILES string of the molecule is CN(CC(=O)O)c1ncc(CN2CCC[C@H](CN3CCCCC3)C2)cn1. The maximum Gasteiger partial charge on any atom is 0.323 e. The molecule has 144 valence electrons. The first kappa shape index (κ1) is 19.0. The van der Waals surface area contributed by atoms with Gasteiger partial charge in [0.1, 0.15) is 6.54 Å². The third kappa shape index (κ3) is 5.64. The maximum atomic E-state index is 10.8. The molecular formula is C19H31N5O2. The summed E-state index contributed by atoms with van der Waals surface area (Å²) in [5, 5.41) is 8.85. The van der Waals surface area contributed by atoms with E-state index in [1.807, 2.05) is 12.4 Å². The third-order valence-electron chi connectivity index (χ3n) is 5.38. The highest BCUT2D eigenvalue weighted by molar-refractivity contribution is 5.72. The van der Waals surface area contributed by atoms with Crippen molar-refractivity contribution in [3.8, 4) is 0 Å². The zero-order valence-corrected chi connectivity index (χ0v) is 15.8. The second kappa shape index (κ2) is 9.28. The Hall–Kier alpha value is -1.73. The van der Waals surface area contributed by atoms with Crippen molar-refractivity contribution < 1.29 is 9.90 Å². The monoisotopic (exact) mass is 361 g/mol. The van der Waals surface area contributed by atoms with Crippen LogP contribution >= 0.6 is 0 Å². The molecule has 3 rings (SSSR count). The molecule has 1 aromatic heterocycles. The molecule has 0 unspecified atom stereocenters. The van der Waals surface area contributed by atoms with Crippen molar-refractivity contribution >= 4 is 11.9 Å². The Labute approximate surface area is 156 Å². The van der Waals surface area contributed by atoms with Crippen molar-refractivity contribution in [1.82, 2.24) is 19.8 Å². The molecule has 0 aromatic carbocycles. The number of aliphatic carboxylic acids is 1. The zero-order valence-electron chi connectivity index (χ0n) is 15.8. The highest BCUT2D eigenvalue weighted by atomic mass is 16.4. The fourth-order valence-corrected chi connectivity index (χ4v) is 4.11. The Balaban J connectivity index is 1.49. The molecular weight excluding hydrogens is 330 g/mol. The molecule has 2 saturated heterocycles. The quantitative estimate of drug-likeness (QED) is 0.792. The van der Waals surface area contributed by atoms with E-state index in [9.17, 15) is 4.79 Å². The summed E-state index contributed by atoms with van der Waals surface area (Å²) in [5.41, 5.74) is 1.09. The van der Waals surface area contributed by atoms with Gasteiger partial charge in [-0.1, -0.05) is 6.42 Å². The molecule has 3 heterocycles. The lowest BCUT2D eigenvalue weighted by atomic mass is 9.96. The van der Waals surface area contributed by atoms with E-state index in [4.69, 9.17) is 5.11 Å². The van der Waals surface area contributed by atoms with Crippen LogP contribution in [0.3, 0.4) is 0 Å². The molecule has 0 amide bonds. The van der Waals surface area contributed by atoms with Crippen LogP contribution in [0.2, 0.25) is 0 Å². The van der Waals surface area contributed by atoms with E-state index in [-0.39, 0.29) is 6.54 Å². The maximum absolute atomic E-state index is 10.8.